The molecule has 0 spiro atoms. The first kappa shape index (κ1) is 10.5. The fraction of sp³-hybridized carbons (Fsp3) is 0.545. The molecular weight excluding hydrogens is 193 g/mol. The Labute approximate surface area is 89.3 Å². The van der Waals surface area contributed by atoms with Gasteiger partial charge in [-0.1, -0.05) is 0 Å². The Balaban J connectivity index is 1.96. The molecular formula is C11H16FN3. The predicted molar refractivity (Wildman–Crippen MR) is 56.9 cm³/mol. The van der Waals surface area contributed by atoms with Crippen molar-refractivity contribution in [2.45, 2.75) is 19.5 Å². The van der Waals surface area contributed by atoms with E-state index in [0.29, 0.717) is 6.04 Å². The Bertz CT molecular complexity index is 329. The van der Waals surface area contributed by atoms with Crippen LogP contribution in [0.4, 0.5) is 4.39 Å². The van der Waals surface area contributed by atoms with Gasteiger partial charge in [-0.3, -0.25) is 9.88 Å². The summed E-state index contributed by atoms with van der Waals surface area (Å²) in [7, 11) is 0. The molecule has 2 rings (SSSR count). The van der Waals surface area contributed by atoms with Crippen LogP contribution >= 0.6 is 0 Å². The van der Waals surface area contributed by atoms with E-state index in [1.807, 2.05) is 0 Å². The lowest BCUT2D eigenvalue weighted by atomic mass is 10.2. The highest BCUT2D eigenvalue weighted by atomic mass is 19.1. The Kier molecular flexibility index (Phi) is 3.28. The summed E-state index contributed by atoms with van der Waals surface area (Å²) in [5.41, 5.74) is 0.948. The molecule has 1 unspecified atom stereocenters. The number of piperazine rings is 1. The molecule has 0 amide bonds. The molecule has 15 heavy (non-hydrogen) atoms. The van der Waals surface area contributed by atoms with Crippen LogP contribution < -0.4 is 5.32 Å². The molecule has 2 heterocycles. The molecule has 1 atom stereocenters. The Morgan fingerprint density at radius 3 is 3.20 bits per heavy atom. The van der Waals surface area contributed by atoms with E-state index in [9.17, 15) is 4.39 Å². The molecule has 4 heteroatoms. The SMILES string of the molecule is CC1CN(Cc2cncc(F)c2)CCN1. The molecule has 1 aromatic heterocycles. The minimum Gasteiger partial charge on any atom is -0.312 e. The van der Waals surface area contributed by atoms with Gasteiger partial charge in [0.15, 0.2) is 0 Å². The first-order valence-corrected chi connectivity index (χ1v) is 5.29. The smallest absolute Gasteiger partial charge is 0.141 e. The van der Waals surface area contributed by atoms with E-state index in [2.05, 4.69) is 22.1 Å². The van der Waals surface area contributed by atoms with Gasteiger partial charge in [-0.25, -0.2) is 4.39 Å². The van der Waals surface area contributed by atoms with Crippen LogP contribution in [-0.2, 0) is 6.54 Å². The van der Waals surface area contributed by atoms with Gasteiger partial charge in [0.1, 0.15) is 5.82 Å². The average Bonchev–Trinajstić information content (AvgIpc) is 2.17. The summed E-state index contributed by atoms with van der Waals surface area (Å²) in [5, 5.41) is 3.38. The summed E-state index contributed by atoms with van der Waals surface area (Å²) in [6.07, 6.45) is 2.97. The van der Waals surface area contributed by atoms with Crippen LogP contribution in [0.3, 0.4) is 0 Å². The number of nitrogens with one attached hydrogen (secondary N) is 1. The molecule has 1 aliphatic heterocycles. The summed E-state index contributed by atoms with van der Waals surface area (Å²) < 4.78 is 12.9. The van der Waals surface area contributed by atoms with Crippen molar-refractivity contribution in [2.75, 3.05) is 19.6 Å². The lowest BCUT2D eigenvalue weighted by molar-refractivity contribution is 0.199. The zero-order chi connectivity index (χ0) is 10.7. The molecule has 1 aliphatic rings. The van der Waals surface area contributed by atoms with Crippen molar-refractivity contribution in [3.05, 3.63) is 29.8 Å². The maximum atomic E-state index is 12.9. The Morgan fingerprint density at radius 2 is 2.47 bits per heavy atom. The summed E-state index contributed by atoms with van der Waals surface area (Å²) in [6, 6.07) is 2.07. The maximum absolute atomic E-state index is 12.9. The Morgan fingerprint density at radius 1 is 1.60 bits per heavy atom. The van der Waals surface area contributed by atoms with Gasteiger partial charge in [0.25, 0.3) is 0 Å². The number of rotatable bonds is 2. The predicted octanol–water partition coefficient (Wildman–Crippen LogP) is 1.01. The maximum Gasteiger partial charge on any atom is 0.141 e. The highest BCUT2D eigenvalue weighted by Gasteiger charge is 2.15. The van der Waals surface area contributed by atoms with Crippen LogP contribution in [0, 0.1) is 5.82 Å². The summed E-state index contributed by atoms with van der Waals surface area (Å²) in [5.74, 6) is -0.254. The van der Waals surface area contributed by atoms with Crippen LogP contribution in [0.5, 0.6) is 0 Å². The quantitative estimate of drug-likeness (QED) is 0.788. The molecule has 0 aliphatic carbocycles. The molecule has 1 saturated heterocycles. The van der Waals surface area contributed by atoms with E-state index >= 15 is 0 Å². The second kappa shape index (κ2) is 4.68. The average molecular weight is 209 g/mol. The molecule has 0 bridgehead atoms. The largest absolute Gasteiger partial charge is 0.312 e. The van der Waals surface area contributed by atoms with Crippen molar-refractivity contribution < 1.29 is 4.39 Å². The van der Waals surface area contributed by atoms with E-state index in [-0.39, 0.29) is 5.82 Å². The number of hydrogen-bond acceptors (Lipinski definition) is 3. The first-order chi connectivity index (χ1) is 7.24. The number of aromatic nitrogens is 1. The van der Waals surface area contributed by atoms with Crippen LogP contribution in [0.25, 0.3) is 0 Å². The van der Waals surface area contributed by atoms with E-state index in [0.717, 1.165) is 31.7 Å². The molecule has 1 aromatic rings. The van der Waals surface area contributed by atoms with Crippen LogP contribution in [0.1, 0.15) is 12.5 Å². The van der Waals surface area contributed by atoms with Gasteiger partial charge in [-0.15, -0.1) is 0 Å². The minimum atomic E-state index is -0.254. The van der Waals surface area contributed by atoms with Gasteiger partial charge in [-0.05, 0) is 18.6 Å². The van der Waals surface area contributed by atoms with E-state index in [1.165, 1.54) is 6.20 Å². The van der Waals surface area contributed by atoms with Crippen molar-refractivity contribution in [3.8, 4) is 0 Å². The highest BCUT2D eigenvalue weighted by molar-refractivity contribution is 5.10. The van der Waals surface area contributed by atoms with Gasteiger partial charge in [0.05, 0.1) is 6.20 Å². The summed E-state index contributed by atoms with van der Waals surface area (Å²) >= 11 is 0. The van der Waals surface area contributed by atoms with Gasteiger partial charge in [0, 0.05) is 38.4 Å². The summed E-state index contributed by atoms with van der Waals surface area (Å²) in [4.78, 5) is 6.17. The minimum absolute atomic E-state index is 0.254. The van der Waals surface area contributed by atoms with Crippen LogP contribution in [0.2, 0.25) is 0 Å². The zero-order valence-corrected chi connectivity index (χ0v) is 8.91. The second-order valence-electron chi connectivity index (χ2n) is 4.10. The van der Waals surface area contributed by atoms with E-state index in [1.54, 1.807) is 12.3 Å². The zero-order valence-electron chi connectivity index (χ0n) is 8.91. The van der Waals surface area contributed by atoms with Gasteiger partial charge in [-0.2, -0.15) is 0 Å². The van der Waals surface area contributed by atoms with Crippen molar-refractivity contribution in [2.24, 2.45) is 0 Å². The van der Waals surface area contributed by atoms with Gasteiger partial charge in [0.2, 0.25) is 0 Å². The molecule has 3 nitrogen and oxygen atoms in total. The monoisotopic (exact) mass is 209 g/mol. The lowest BCUT2D eigenvalue weighted by Crippen LogP contribution is -2.48. The fourth-order valence-electron chi connectivity index (χ4n) is 1.96. The summed E-state index contributed by atoms with van der Waals surface area (Å²) in [6.45, 7) is 5.98. The second-order valence-corrected chi connectivity index (χ2v) is 4.10. The van der Waals surface area contributed by atoms with E-state index in [4.69, 9.17) is 0 Å². The Hall–Kier alpha value is -1.00. The molecule has 0 aromatic carbocycles. The number of pyridine rings is 1. The first-order valence-electron chi connectivity index (χ1n) is 5.29. The van der Waals surface area contributed by atoms with Crippen LogP contribution in [-0.4, -0.2) is 35.6 Å². The van der Waals surface area contributed by atoms with Crippen molar-refractivity contribution in [1.82, 2.24) is 15.2 Å². The van der Waals surface area contributed by atoms with Crippen molar-refractivity contribution >= 4 is 0 Å². The number of nitrogens with zero attached hydrogens (tertiary/aromatic N) is 2. The van der Waals surface area contributed by atoms with Gasteiger partial charge < -0.3 is 5.32 Å². The van der Waals surface area contributed by atoms with Gasteiger partial charge >= 0.3 is 0 Å². The molecule has 82 valence electrons. The molecule has 1 fully saturated rings. The molecule has 0 saturated carbocycles. The number of halogens is 1. The molecule has 1 N–H and O–H groups in total. The third-order valence-electron chi connectivity index (χ3n) is 2.62. The lowest BCUT2D eigenvalue weighted by Gasteiger charge is -2.31. The topological polar surface area (TPSA) is 28.2 Å². The van der Waals surface area contributed by atoms with Crippen LogP contribution in [0.15, 0.2) is 18.5 Å². The fourth-order valence-corrected chi connectivity index (χ4v) is 1.96. The normalized spacial score (nSPS) is 22.9. The third-order valence-corrected chi connectivity index (χ3v) is 2.62. The molecule has 0 radical (unpaired) electrons. The highest BCUT2D eigenvalue weighted by Crippen LogP contribution is 2.07. The third kappa shape index (κ3) is 2.97. The van der Waals surface area contributed by atoms with Crippen molar-refractivity contribution in [1.29, 1.82) is 0 Å². The van der Waals surface area contributed by atoms with Crippen molar-refractivity contribution in [3.63, 3.8) is 0 Å². The number of hydrogen-bond donors (Lipinski definition) is 1. The van der Waals surface area contributed by atoms with E-state index < -0.39 is 0 Å². The standard InChI is InChI=1S/C11H16FN3/c1-9-7-15(3-2-14-9)8-10-4-11(12)6-13-5-10/h4-6,9,14H,2-3,7-8H2,1H3.